The number of ether oxygens (including phenoxy) is 4. The number of alkyl halides is 3. The van der Waals surface area contributed by atoms with Crippen LogP contribution in [0.25, 0.3) is 0 Å². The van der Waals surface area contributed by atoms with Gasteiger partial charge < -0.3 is 23.8 Å². The number of nitrogens with one attached hydrogen (secondary N) is 2. The highest BCUT2D eigenvalue weighted by Gasteiger charge is 2.32. The molecule has 11 nitrogen and oxygen atoms in total. The summed E-state index contributed by atoms with van der Waals surface area (Å²) in [5, 5.41) is -0.344. The molecule has 0 saturated carbocycles. The Morgan fingerprint density at radius 1 is 1.12 bits per heavy atom. The molecule has 0 fully saturated rings. The fraction of sp³-hybridized carbons (Fsp3) is 0.500. The van der Waals surface area contributed by atoms with E-state index in [1.165, 1.54) is 13.2 Å². The molecule has 16 heteroatoms. The maximum absolute atomic E-state index is 13.0. The number of nitrogens with zero attached hydrogens (tertiary/aromatic N) is 2. The van der Waals surface area contributed by atoms with Gasteiger partial charge in [-0.25, -0.2) is 14.5 Å². The minimum Gasteiger partial charge on any atom is -0.491 e. The molecule has 1 amide bonds. The number of carbonyl (C=O) groups is 1. The van der Waals surface area contributed by atoms with Gasteiger partial charge in [0.15, 0.2) is 0 Å². The lowest BCUT2D eigenvalue weighted by Crippen LogP contribution is -2.41. The Bertz CT molecular complexity index is 1220. The average molecular weight is 613 g/mol. The summed E-state index contributed by atoms with van der Waals surface area (Å²) >= 11 is 5.99. The lowest BCUT2D eigenvalue weighted by Gasteiger charge is -2.15. The van der Waals surface area contributed by atoms with Crippen molar-refractivity contribution < 1.29 is 45.3 Å². The Balaban J connectivity index is 2.01. The Labute approximate surface area is 236 Å². The second-order valence-corrected chi connectivity index (χ2v) is 10.5. The zero-order valence-corrected chi connectivity index (χ0v) is 23.8. The molecule has 0 atom stereocenters. The molecule has 1 aromatic carbocycles. The van der Waals surface area contributed by atoms with Crippen LogP contribution in [0.5, 0.6) is 17.4 Å². The van der Waals surface area contributed by atoms with Crippen molar-refractivity contribution in [2.75, 3.05) is 54.1 Å². The topological polar surface area (TPSA) is 128 Å². The number of rotatable bonds is 16. The van der Waals surface area contributed by atoms with Crippen molar-refractivity contribution in [3.8, 4) is 17.4 Å². The van der Waals surface area contributed by atoms with Crippen molar-refractivity contribution in [1.29, 1.82) is 0 Å². The van der Waals surface area contributed by atoms with Gasteiger partial charge in [-0.2, -0.15) is 26.3 Å². The van der Waals surface area contributed by atoms with Crippen LogP contribution in [-0.4, -0.2) is 78.5 Å². The molecule has 0 aliphatic heterocycles. The summed E-state index contributed by atoms with van der Waals surface area (Å²) in [4.78, 5) is 17.5. The lowest BCUT2D eigenvalue weighted by atomic mass is 10.1. The second kappa shape index (κ2) is 15.8. The van der Waals surface area contributed by atoms with Gasteiger partial charge in [0.05, 0.1) is 18.8 Å². The molecule has 0 radical (unpaired) electrons. The van der Waals surface area contributed by atoms with E-state index in [-0.39, 0.29) is 49.3 Å². The fourth-order valence-electron chi connectivity index (χ4n) is 3.13. The first-order valence-corrected chi connectivity index (χ1v) is 13.9. The second-order valence-electron chi connectivity index (χ2n) is 8.62. The maximum atomic E-state index is 13.0. The fourth-order valence-corrected chi connectivity index (χ4v) is 4.10. The number of aromatic nitrogens is 1. The van der Waals surface area contributed by atoms with Gasteiger partial charge in [-0.1, -0.05) is 17.7 Å². The van der Waals surface area contributed by atoms with Gasteiger partial charge in [-0.05, 0) is 57.6 Å². The van der Waals surface area contributed by atoms with Crippen LogP contribution in [0.1, 0.15) is 24.0 Å². The molecule has 0 aliphatic carbocycles. The Morgan fingerprint density at radius 2 is 1.88 bits per heavy atom. The maximum Gasteiger partial charge on any atom is 0.421 e. The molecule has 2 rings (SSSR count). The highest BCUT2D eigenvalue weighted by atomic mass is 35.5. The minimum atomic E-state index is -4.62. The molecule has 1 heterocycles. The van der Waals surface area contributed by atoms with E-state index >= 15 is 0 Å². The smallest absolute Gasteiger partial charge is 0.421 e. The highest BCUT2D eigenvalue weighted by molar-refractivity contribution is 7.88. The van der Waals surface area contributed by atoms with E-state index in [1.807, 2.05) is 19.0 Å². The summed E-state index contributed by atoms with van der Waals surface area (Å²) in [7, 11) is 1.15. The third-order valence-corrected chi connectivity index (χ3v) is 6.34. The number of hydrogen-bond donors (Lipinski definition) is 2. The molecule has 2 aromatic rings. The summed E-state index contributed by atoms with van der Waals surface area (Å²) in [5.74, 6) is 0.361. The highest BCUT2D eigenvalue weighted by Crippen LogP contribution is 2.36. The third-order valence-electron chi connectivity index (χ3n) is 5.05. The summed E-state index contributed by atoms with van der Waals surface area (Å²) in [6.45, 7) is 1.25. The monoisotopic (exact) mass is 612 g/mol. The zero-order chi connectivity index (χ0) is 29.8. The first-order valence-electron chi connectivity index (χ1n) is 12.0. The predicted molar refractivity (Wildman–Crippen MR) is 141 cm³/mol. The van der Waals surface area contributed by atoms with Crippen molar-refractivity contribution in [3.63, 3.8) is 0 Å². The molecule has 0 bridgehead atoms. The van der Waals surface area contributed by atoms with Crippen molar-refractivity contribution in [2.45, 2.75) is 25.4 Å². The number of aryl methyl sites for hydroxylation is 1. The largest absolute Gasteiger partial charge is 0.491 e. The molecule has 224 valence electrons. The summed E-state index contributed by atoms with van der Waals surface area (Å²) < 4.78 is 88.0. The lowest BCUT2D eigenvalue weighted by molar-refractivity contribution is -0.137. The molecule has 0 spiro atoms. The number of amides is 1. The SMILES string of the molecule is COCCOc1ccc(CCCOC(=O)NS(=O)(=O)NCCCN(C)C)c(Oc2ncc(C(F)(F)F)cc2Cl)c1. The third kappa shape index (κ3) is 12.1. The standard InChI is InChI=1S/C24H32ClF3N4O7S/c1-32(2)10-5-9-30-40(34,35)31-23(33)38-11-4-6-17-7-8-19(37-13-12-36-3)15-21(17)39-22-20(25)14-18(16-29-22)24(26,27)28/h7-8,14-16,30H,4-6,9-13H2,1-3H3,(H,31,33). The number of hydrogen-bond acceptors (Lipinski definition) is 9. The van der Waals surface area contributed by atoms with Gasteiger partial charge in [0.1, 0.15) is 23.1 Å². The van der Waals surface area contributed by atoms with E-state index in [4.69, 9.17) is 30.5 Å². The number of halogens is 4. The molecule has 40 heavy (non-hydrogen) atoms. The van der Waals surface area contributed by atoms with Crippen molar-refractivity contribution in [2.24, 2.45) is 0 Å². The minimum absolute atomic E-state index is 0.132. The first kappa shape index (κ1) is 33.4. The average Bonchev–Trinajstić information content (AvgIpc) is 2.86. The van der Waals surface area contributed by atoms with E-state index in [0.717, 1.165) is 0 Å². The van der Waals surface area contributed by atoms with Gasteiger partial charge in [-0.15, -0.1) is 0 Å². The van der Waals surface area contributed by atoms with E-state index in [2.05, 4.69) is 9.71 Å². The van der Waals surface area contributed by atoms with Crippen LogP contribution in [0, 0.1) is 0 Å². The van der Waals surface area contributed by atoms with Crippen LogP contribution >= 0.6 is 11.6 Å². The molecule has 0 saturated heterocycles. The van der Waals surface area contributed by atoms with Crippen LogP contribution in [0.3, 0.4) is 0 Å². The zero-order valence-electron chi connectivity index (χ0n) is 22.2. The number of benzene rings is 1. The first-order chi connectivity index (χ1) is 18.8. The van der Waals surface area contributed by atoms with Crippen molar-refractivity contribution >= 4 is 27.9 Å². The summed E-state index contributed by atoms with van der Waals surface area (Å²) in [5.41, 5.74) is -0.445. The van der Waals surface area contributed by atoms with Crippen LogP contribution in [0.15, 0.2) is 30.5 Å². The van der Waals surface area contributed by atoms with E-state index < -0.39 is 28.0 Å². The van der Waals surface area contributed by atoms with Gasteiger partial charge in [0.2, 0.25) is 5.88 Å². The Kier molecular flexibility index (Phi) is 13.2. The van der Waals surface area contributed by atoms with E-state index in [0.29, 0.717) is 43.1 Å². The molecule has 0 unspecified atom stereocenters. The Morgan fingerprint density at radius 3 is 2.52 bits per heavy atom. The predicted octanol–water partition coefficient (Wildman–Crippen LogP) is 4.02. The normalized spacial score (nSPS) is 11.9. The van der Waals surface area contributed by atoms with Gasteiger partial charge >= 0.3 is 22.5 Å². The molecule has 2 N–H and O–H groups in total. The summed E-state index contributed by atoms with van der Waals surface area (Å²) in [6, 6.07) is 5.54. The summed E-state index contributed by atoms with van der Waals surface area (Å²) in [6.07, 6.45) is -4.05. The molecular formula is C24H32ClF3N4O7S. The quantitative estimate of drug-likeness (QED) is 0.270. The van der Waals surface area contributed by atoms with Crippen molar-refractivity contribution in [1.82, 2.24) is 19.3 Å². The molecule has 0 aliphatic rings. The van der Waals surface area contributed by atoms with Crippen LogP contribution < -0.4 is 18.9 Å². The number of methoxy groups -OCH3 is 1. The van der Waals surface area contributed by atoms with Crippen LogP contribution in [0.4, 0.5) is 18.0 Å². The van der Waals surface area contributed by atoms with Crippen molar-refractivity contribution in [3.05, 3.63) is 46.6 Å². The number of pyridine rings is 1. The van der Waals surface area contributed by atoms with E-state index in [9.17, 15) is 26.4 Å². The molecule has 1 aromatic heterocycles. The van der Waals surface area contributed by atoms with Gasteiger partial charge in [0.25, 0.3) is 0 Å². The van der Waals surface area contributed by atoms with Crippen LogP contribution in [0.2, 0.25) is 5.02 Å². The van der Waals surface area contributed by atoms with Crippen LogP contribution in [-0.2, 0) is 32.3 Å². The van der Waals surface area contributed by atoms with Gasteiger partial charge in [0, 0.05) is 25.9 Å². The number of carbonyl (C=O) groups excluding carboxylic acids is 1. The Hall–Kier alpha value is -2.85. The van der Waals surface area contributed by atoms with E-state index in [1.54, 1.807) is 16.9 Å². The van der Waals surface area contributed by atoms with Gasteiger partial charge in [-0.3, -0.25) is 0 Å². The molecular weight excluding hydrogens is 581 g/mol.